The van der Waals surface area contributed by atoms with E-state index in [-0.39, 0.29) is 44.8 Å². The van der Waals surface area contributed by atoms with Crippen LogP contribution in [0, 0.1) is 11.3 Å². The van der Waals surface area contributed by atoms with Crippen molar-refractivity contribution in [3.05, 3.63) is 64.4 Å². The molecule has 2 aromatic carbocycles. The van der Waals surface area contributed by atoms with Gasteiger partial charge in [0.1, 0.15) is 11.8 Å². The van der Waals surface area contributed by atoms with Gasteiger partial charge in [-0.15, -0.1) is 0 Å². The van der Waals surface area contributed by atoms with E-state index in [0.29, 0.717) is 16.7 Å². The maximum atomic E-state index is 12.5. The normalized spacial score (nSPS) is 13.5. The van der Waals surface area contributed by atoms with Gasteiger partial charge < -0.3 is 20.4 Å². The molecule has 0 saturated carbocycles. The predicted octanol–water partition coefficient (Wildman–Crippen LogP) is 5.33. The van der Waals surface area contributed by atoms with E-state index >= 15 is 0 Å². The highest BCUT2D eigenvalue weighted by atomic mass is 35.5. The molecular formula is C23H18Cl2N6O3. The fourth-order valence-electron chi connectivity index (χ4n) is 3.29. The van der Waals surface area contributed by atoms with Crippen LogP contribution in [-0.2, 0) is 0 Å². The molecular weight excluding hydrogens is 479 g/mol. The maximum Gasteiger partial charge on any atom is 0.347 e. The van der Waals surface area contributed by atoms with Crippen LogP contribution in [0.3, 0.4) is 0 Å². The zero-order valence-corrected chi connectivity index (χ0v) is 19.6. The molecule has 0 aliphatic carbocycles. The van der Waals surface area contributed by atoms with Crippen molar-refractivity contribution in [3.8, 4) is 17.6 Å². The van der Waals surface area contributed by atoms with Crippen LogP contribution in [0.2, 0.25) is 10.0 Å². The quantitative estimate of drug-likeness (QED) is 0.441. The summed E-state index contributed by atoms with van der Waals surface area (Å²) in [5.74, 6) is 0.346. The molecule has 172 valence electrons. The molecule has 0 bridgehead atoms. The number of hydrazone groups is 1. The molecule has 3 N–H and O–H groups in total. The lowest BCUT2D eigenvalue weighted by molar-refractivity contribution is 0.0945. The molecule has 0 unspecified atom stereocenters. The van der Waals surface area contributed by atoms with Crippen molar-refractivity contribution < 1.29 is 14.3 Å². The van der Waals surface area contributed by atoms with Crippen LogP contribution in [-0.4, -0.2) is 28.7 Å². The molecule has 0 spiro atoms. The van der Waals surface area contributed by atoms with E-state index in [2.05, 4.69) is 27.3 Å². The average Bonchev–Trinajstić information content (AvgIpc) is 3.19. The zero-order chi connectivity index (χ0) is 24.6. The number of hydrogen-bond donors (Lipinski definition) is 3. The van der Waals surface area contributed by atoms with E-state index in [0.717, 1.165) is 10.5 Å². The molecule has 0 saturated heterocycles. The monoisotopic (exact) mass is 496 g/mol. The second-order valence-electron chi connectivity index (χ2n) is 7.66. The van der Waals surface area contributed by atoms with Gasteiger partial charge in [-0.05, 0) is 44.2 Å². The number of nitrogens with one attached hydrogen (secondary N) is 3. The molecule has 3 amide bonds. The van der Waals surface area contributed by atoms with Gasteiger partial charge in [0.25, 0.3) is 5.91 Å². The summed E-state index contributed by atoms with van der Waals surface area (Å²) in [6.07, 6.45) is 1.63. The second-order valence-corrected chi connectivity index (χ2v) is 8.47. The summed E-state index contributed by atoms with van der Waals surface area (Å²) in [6.45, 7) is 7.34. The highest BCUT2D eigenvalue weighted by Gasteiger charge is 2.26. The summed E-state index contributed by atoms with van der Waals surface area (Å²) < 4.78 is 5.93. The molecule has 0 atom stereocenters. The Morgan fingerprint density at radius 3 is 2.62 bits per heavy atom. The minimum atomic E-state index is -0.616. The Morgan fingerprint density at radius 1 is 1.26 bits per heavy atom. The first-order valence-corrected chi connectivity index (χ1v) is 10.8. The van der Waals surface area contributed by atoms with E-state index in [1.165, 1.54) is 12.1 Å². The highest BCUT2D eigenvalue weighted by molar-refractivity contribution is 6.37. The van der Waals surface area contributed by atoms with Crippen LogP contribution in [0.4, 0.5) is 10.5 Å². The number of H-pyrrole nitrogens is 1. The Hall–Kier alpha value is -4.00. The number of allylic oxidation sites excluding steroid dienone is 1. The minimum Gasteiger partial charge on any atom is -0.454 e. The molecule has 4 rings (SSSR count). The zero-order valence-electron chi connectivity index (χ0n) is 18.1. The van der Waals surface area contributed by atoms with Gasteiger partial charge in [-0.3, -0.25) is 4.79 Å². The summed E-state index contributed by atoms with van der Waals surface area (Å²) in [7, 11) is 0. The summed E-state index contributed by atoms with van der Waals surface area (Å²) in [5, 5.41) is 20.3. The lowest BCUT2D eigenvalue weighted by atomic mass is 10.1. The number of ether oxygens (including phenoxy) is 1. The summed E-state index contributed by atoms with van der Waals surface area (Å²) in [6, 6.07) is 9.28. The molecule has 1 aliphatic heterocycles. The number of carbonyl (C=O) groups is 2. The first-order valence-electron chi connectivity index (χ1n) is 10.1. The van der Waals surface area contributed by atoms with Crippen molar-refractivity contribution in [3.63, 3.8) is 0 Å². The number of hydrogen-bond acceptors (Lipinski definition) is 5. The van der Waals surface area contributed by atoms with E-state index in [1.54, 1.807) is 24.4 Å². The van der Waals surface area contributed by atoms with Crippen LogP contribution < -0.4 is 20.4 Å². The molecule has 2 heterocycles. The predicted molar refractivity (Wildman–Crippen MR) is 131 cm³/mol. The van der Waals surface area contributed by atoms with Gasteiger partial charge >= 0.3 is 6.03 Å². The van der Waals surface area contributed by atoms with Crippen molar-refractivity contribution in [1.82, 2.24) is 15.6 Å². The third-order valence-electron chi connectivity index (χ3n) is 4.81. The standard InChI is InChI=1S/C23H18Cl2N6O3/c1-11(2)28-22(32)16-10-27-19-5-4-14(8-15(16)19)34-21-17(24)6-13(7-18(21)25)31-23(33)29-12(3)20(9-26)30-31/h4-8,10-11,27H,3H2,1-2H3,(H,28,32)(H,29,33). The van der Waals surface area contributed by atoms with Gasteiger partial charge in [-0.1, -0.05) is 29.8 Å². The smallest absolute Gasteiger partial charge is 0.347 e. The van der Waals surface area contributed by atoms with Gasteiger partial charge in [0.2, 0.25) is 0 Å². The Balaban J connectivity index is 1.66. The number of anilines is 1. The Morgan fingerprint density at radius 2 is 1.97 bits per heavy atom. The van der Waals surface area contributed by atoms with Gasteiger partial charge in [0.15, 0.2) is 11.5 Å². The molecule has 11 heteroatoms. The number of aromatic amines is 1. The fourth-order valence-corrected chi connectivity index (χ4v) is 3.84. The molecule has 0 fully saturated rings. The topological polar surface area (TPSA) is 123 Å². The number of aromatic nitrogens is 1. The second kappa shape index (κ2) is 9.09. The van der Waals surface area contributed by atoms with Gasteiger partial charge in [0.05, 0.1) is 27.0 Å². The van der Waals surface area contributed by atoms with E-state index in [4.69, 9.17) is 33.2 Å². The number of halogens is 2. The summed E-state index contributed by atoms with van der Waals surface area (Å²) in [5.41, 5.74) is 1.52. The number of carbonyl (C=O) groups excluding carboxylic acids is 2. The average molecular weight is 497 g/mol. The largest absolute Gasteiger partial charge is 0.454 e. The molecule has 1 aliphatic rings. The van der Waals surface area contributed by atoms with Gasteiger partial charge in [0, 0.05) is 23.1 Å². The number of amides is 3. The third-order valence-corrected chi connectivity index (χ3v) is 5.37. The lowest BCUT2D eigenvalue weighted by Gasteiger charge is -2.24. The van der Waals surface area contributed by atoms with Crippen LogP contribution in [0.5, 0.6) is 11.5 Å². The molecule has 1 aromatic heterocycles. The lowest BCUT2D eigenvalue weighted by Crippen LogP contribution is -2.42. The first kappa shape index (κ1) is 23.2. The van der Waals surface area contributed by atoms with Crippen LogP contribution in [0.25, 0.3) is 10.9 Å². The van der Waals surface area contributed by atoms with E-state index < -0.39 is 6.03 Å². The van der Waals surface area contributed by atoms with E-state index in [1.807, 2.05) is 19.9 Å². The number of urea groups is 1. The van der Waals surface area contributed by atoms with E-state index in [9.17, 15) is 9.59 Å². The number of fused-ring (bicyclic) bond motifs is 1. The maximum absolute atomic E-state index is 12.5. The number of nitrogens with zero attached hydrogens (tertiary/aromatic N) is 3. The molecule has 9 nitrogen and oxygen atoms in total. The van der Waals surface area contributed by atoms with Crippen LogP contribution >= 0.6 is 23.2 Å². The summed E-state index contributed by atoms with van der Waals surface area (Å²) in [4.78, 5) is 27.9. The van der Waals surface area contributed by atoms with Gasteiger partial charge in [-0.25, -0.2) is 4.79 Å². The van der Waals surface area contributed by atoms with Crippen molar-refractivity contribution in [2.75, 3.05) is 5.01 Å². The Kier molecular flexibility index (Phi) is 6.20. The molecule has 0 radical (unpaired) electrons. The number of rotatable bonds is 5. The van der Waals surface area contributed by atoms with Crippen molar-refractivity contribution in [2.24, 2.45) is 5.10 Å². The molecule has 3 aromatic rings. The van der Waals surface area contributed by atoms with Gasteiger partial charge in [-0.2, -0.15) is 15.4 Å². The number of benzene rings is 2. The van der Waals surface area contributed by atoms with Crippen molar-refractivity contribution in [2.45, 2.75) is 19.9 Å². The third kappa shape index (κ3) is 4.41. The highest BCUT2D eigenvalue weighted by Crippen LogP contribution is 2.41. The molecule has 34 heavy (non-hydrogen) atoms. The summed E-state index contributed by atoms with van der Waals surface area (Å²) >= 11 is 12.8. The first-order chi connectivity index (χ1) is 16.2. The van der Waals surface area contributed by atoms with Crippen molar-refractivity contribution in [1.29, 1.82) is 5.26 Å². The SMILES string of the molecule is C=C1NC(=O)N(c2cc(Cl)c(Oc3ccc4[nH]cc(C(=O)NC(C)C)c4c3)c(Cl)c2)N=C1C#N. The fraction of sp³-hybridized carbons (Fsp3) is 0.130. The van der Waals surface area contributed by atoms with Crippen molar-refractivity contribution >= 4 is 57.4 Å². The van der Waals surface area contributed by atoms with Crippen LogP contribution in [0.15, 0.2) is 53.9 Å². The number of nitriles is 1. The Bertz CT molecular complexity index is 1400. The Labute approximate surface area is 204 Å². The van der Waals surface area contributed by atoms with Crippen LogP contribution in [0.1, 0.15) is 24.2 Å². The minimum absolute atomic E-state index is 0.0124.